The number of nitrogens with zero attached hydrogens (tertiary/aromatic N) is 2. The Morgan fingerprint density at radius 2 is 1.81 bits per heavy atom. The lowest BCUT2D eigenvalue weighted by molar-refractivity contribution is -0.255. The first-order valence-electron chi connectivity index (χ1n) is 8.14. The Labute approximate surface area is 156 Å². The molecule has 1 saturated heterocycles. The molecule has 0 saturated carbocycles. The molecule has 1 aliphatic rings. The van der Waals surface area contributed by atoms with E-state index in [2.05, 4.69) is 11.9 Å². The van der Waals surface area contributed by atoms with E-state index in [1.165, 1.54) is 34.4 Å². The van der Waals surface area contributed by atoms with E-state index in [-0.39, 0.29) is 11.5 Å². The summed E-state index contributed by atoms with van der Waals surface area (Å²) in [6.45, 7) is 2.09. The highest BCUT2D eigenvalue weighted by molar-refractivity contribution is 8.18. The van der Waals surface area contributed by atoms with Gasteiger partial charge in [0.25, 0.3) is 5.91 Å². The van der Waals surface area contributed by atoms with E-state index in [0.717, 1.165) is 17.7 Å². The smallest absolute Gasteiger partial charge is 0.266 e. The van der Waals surface area contributed by atoms with E-state index < -0.39 is 5.97 Å². The number of aliphatic imine (C=N–C) groups is 1. The van der Waals surface area contributed by atoms with Crippen LogP contribution in [0.15, 0.2) is 58.4 Å². The van der Waals surface area contributed by atoms with E-state index in [0.29, 0.717) is 10.1 Å². The zero-order chi connectivity index (χ0) is 18.7. The lowest BCUT2D eigenvalue weighted by Gasteiger charge is -2.07. The van der Waals surface area contributed by atoms with Crippen LogP contribution in [0.25, 0.3) is 6.08 Å². The lowest BCUT2D eigenvalue weighted by atomic mass is 10.1. The van der Waals surface area contributed by atoms with Crippen molar-refractivity contribution in [1.29, 1.82) is 0 Å². The first-order chi connectivity index (χ1) is 12.5. The Morgan fingerprint density at radius 1 is 1.15 bits per heavy atom. The molecule has 6 heteroatoms. The van der Waals surface area contributed by atoms with Gasteiger partial charge < -0.3 is 9.90 Å². The van der Waals surface area contributed by atoms with Crippen molar-refractivity contribution in [2.24, 2.45) is 4.99 Å². The number of aryl methyl sites for hydroxylation is 1. The maximum absolute atomic E-state index is 12.4. The largest absolute Gasteiger partial charge is 0.545 e. The third kappa shape index (κ3) is 3.86. The summed E-state index contributed by atoms with van der Waals surface area (Å²) in [6, 6.07) is 14.1. The van der Waals surface area contributed by atoms with Crippen molar-refractivity contribution < 1.29 is 14.7 Å². The molecule has 0 radical (unpaired) electrons. The van der Waals surface area contributed by atoms with Gasteiger partial charge in [0.05, 0.1) is 16.6 Å². The number of amides is 1. The number of likely N-dealkylation sites (N-methyl/N-ethyl adjacent to an activating group) is 1. The monoisotopic (exact) mass is 365 g/mol. The summed E-state index contributed by atoms with van der Waals surface area (Å²) in [5.41, 5.74) is 2.88. The topological polar surface area (TPSA) is 72.8 Å². The van der Waals surface area contributed by atoms with Gasteiger partial charge in [0, 0.05) is 7.05 Å². The fourth-order valence-electron chi connectivity index (χ4n) is 2.44. The lowest BCUT2D eigenvalue weighted by Crippen LogP contribution is -2.23. The molecule has 26 heavy (non-hydrogen) atoms. The van der Waals surface area contributed by atoms with Crippen LogP contribution in [0.2, 0.25) is 0 Å². The highest BCUT2D eigenvalue weighted by atomic mass is 32.2. The molecule has 0 unspecified atom stereocenters. The number of hydrogen-bond donors (Lipinski definition) is 0. The van der Waals surface area contributed by atoms with Gasteiger partial charge in [0.15, 0.2) is 5.17 Å². The third-order valence-corrected chi connectivity index (χ3v) is 5.08. The number of thioether (sulfide) groups is 1. The predicted octanol–water partition coefficient (Wildman–Crippen LogP) is 2.85. The molecule has 1 amide bonds. The molecule has 0 bridgehead atoms. The Bertz CT molecular complexity index is 900. The van der Waals surface area contributed by atoms with Gasteiger partial charge in [-0.05, 0) is 53.1 Å². The summed E-state index contributed by atoms with van der Waals surface area (Å²) in [6.07, 6.45) is 2.69. The molecule has 132 valence electrons. The highest BCUT2D eigenvalue weighted by Gasteiger charge is 2.30. The van der Waals surface area contributed by atoms with Crippen LogP contribution in [-0.4, -0.2) is 29.0 Å². The van der Waals surface area contributed by atoms with Crippen molar-refractivity contribution in [3.05, 3.63) is 70.1 Å². The normalized spacial score (nSPS) is 17.3. The zero-order valence-electron chi connectivity index (χ0n) is 14.4. The molecule has 2 aromatic rings. The Kier molecular flexibility index (Phi) is 5.23. The van der Waals surface area contributed by atoms with Crippen molar-refractivity contribution in [2.75, 3.05) is 7.05 Å². The van der Waals surface area contributed by atoms with E-state index in [1.807, 2.05) is 24.3 Å². The van der Waals surface area contributed by atoms with E-state index in [4.69, 9.17) is 0 Å². The zero-order valence-corrected chi connectivity index (χ0v) is 15.2. The number of hydrogen-bond acceptors (Lipinski definition) is 5. The molecule has 0 aliphatic carbocycles. The minimum absolute atomic E-state index is 0.104. The van der Waals surface area contributed by atoms with Gasteiger partial charge in [-0.1, -0.05) is 43.3 Å². The quantitative estimate of drug-likeness (QED) is 0.781. The number of amidine groups is 1. The number of carbonyl (C=O) groups is 2. The van der Waals surface area contributed by atoms with Crippen molar-refractivity contribution >= 4 is 40.6 Å². The van der Waals surface area contributed by atoms with Gasteiger partial charge in [-0.15, -0.1) is 0 Å². The average Bonchev–Trinajstić information content (AvgIpc) is 2.91. The predicted molar refractivity (Wildman–Crippen MR) is 102 cm³/mol. The summed E-state index contributed by atoms with van der Waals surface area (Å²) in [5.74, 6) is -1.36. The number of carboxylic acids is 1. The molecule has 3 rings (SSSR count). The summed E-state index contributed by atoms with van der Waals surface area (Å²) in [4.78, 5) is 29.8. The first-order valence-corrected chi connectivity index (χ1v) is 8.96. The molecule has 0 aromatic heterocycles. The van der Waals surface area contributed by atoms with Crippen LogP contribution in [0.4, 0.5) is 5.69 Å². The second-order valence-electron chi connectivity index (χ2n) is 5.80. The van der Waals surface area contributed by atoms with Crippen molar-refractivity contribution in [2.45, 2.75) is 13.3 Å². The molecule has 5 nitrogen and oxygen atoms in total. The molecule has 0 spiro atoms. The number of aromatic carboxylic acids is 1. The number of carboxylic acid groups (broad SMARTS) is 1. The molecule has 0 atom stereocenters. The van der Waals surface area contributed by atoms with Crippen LogP contribution in [0.3, 0.4) is 0 Å². The van der Waals surface area contributed by atoms with Crippen LogP contribution in [0.5, 0.6) is 0 Å². The Hall–Kier alpha value is -2.86. The van der Waals surface area contributed by atoms with Crippen molar-refractivity contribution in [3.8, 4) is 0 Å². The molecular formula is C20H17N2O3S-. The first kappa shape index (κ1) is 17.9. The number of carbonyl (C=O) groups excluding carboxylic acids is 2. The van der Waals surface area contributed by atoms with E-state index >= 15 is 0 Å². The molecule has 1 heterocycles. The van der Waals surface area contributed by atoms with Gasteiger partial charge in [-0.2, -0.15) is 0 Å². The minimum Gasteiger partial charge on any atom is -0.545 e. The molecule has 1 aliphatic heterocycles. The number of rotatable bonds is 4. The summed E-state index contributed by atoms with van der Waals surface area (Å²) < 4.78 is 0. The van der Waals surface area contributed by atoms with E-state index in [1.54, 1.807) is 25.3 Å². The molecule has 2 aromatic carbocycles. The molecule has 1 fully saturated rings. The maximum atomic E-state index is 12.4. The second kappa shape index (κ2) is 7.58. The summed E-state index contributed by atoms with van der Waals surface area (Å²) >= 11 is 1.30. The van der Waals surface area contributed by atoms with Crippen LogP contribution in [0, 0.1) is 0 Å². The van der Waals surface area contributed by atoms with Crippen LogP contribution >= 0.6 is 11.8 Å². The SMILES string of the molecule is CCc1ccc(N=C2S/C(=C/c3ccc(C(=O)[O-])cc3)C(=O)N2C)cc1. The fourth-order valence-corrected chi connectivity index (χ4v) is 3.42. The second-order valence-corrected chi connectivity index (χ2v) is 6.81. The fraction of sp³-hybridized carbons (Fsp3) is 0.150. The average molecular weight is 365 g/mol. The van der Waals surface area contributed by atoms with Crippen molar-refractivity contribution in [1.82, 2.24) is 4.90 Å². The standard InChI is InChI=1S/C20H18N2O3S/c1-3-13-6-10-16(11-7-13)21-20-22(2)18(23)17(26-20)12-14-4-8-15(9-5-14)19(24)25/h4-12H,3H2,1-2H3,(H,24,25)/p-1/b17-12+,21-20?. The van der Waals surface area contributed by atoms with Gasteiger partial charge in [-0.3, -0.25) is 9.69 Å². The third-order valence-electron chi connectivity index (χ3n) is 4.02. The van der Waals surface area contributed by atoms with Gasteiger partial charge in [0.1, 0.15) is 0 Å². The van der Waals surface area contributed by atoms with Crippen LogP contribution in [0.1, 0.15) is 28.4 Å². The van der Waals surface area contributed by atoms with Gasteiger partial charge in [0.2, 0.25) is 0 Å². The molecular weight excluding hydrogens is 348 g/mol. The number of benzene rings is 2. The highest BCUT2D eigenvalue weighted by Crippen LogP contribution is 2.33. The Balaban J connectivity index is 1.83. The van der Waals surface area contributed by atoms with E-state index in [9.17, 15) is 14.7 Å². The van der Waals surface area contributed by atoms with Gasteiger partial charge >= 0.3 is 0 Å². The van der Waals surface area contributed by atoms with Gasteiger partial charge in [-0.25, -0.2) is 4.99 Å². The molecule has 0 N–H and O–H groups in total. The van der Waals surface area contributed by atoms with Crippen LogP contribution < -0.4 is 5.11 Å². The minimum atomic E-state index is -1.22. The summed E-state index contributed by atoms with van der Waals surface area (Å²) in [5, 5.41) is 11.4. The maximum Gasteiger partial charge on any atom is 0.266 e. The summed E-state index contributed by atoms with van der Waals surface area (Å²) in [7, 11) is 1.69. The van der Waals surface area contributed by atoms with Crippen molar-refractivity contribution in [3.63, 3.8) is 0 Å². The Morgan fingerprint density at radius 3 is 2.38 bits per heavy atom. The van der Waals surface area contributed by atoms with Crippen LogP contribution in [-0.2, 0) is 11.2 Å².